The van der Waals surface area contributed by atoms with Crippen LogP contribution in [0, 0.1) is 6.92 Å². The maximum absolute atomic E-state index is 12.3. The van der Waals surface area contributed by atoms with Crippen molar-refractivity contribution >= 4 is 40.9 Å². The van der Waals surface area contributed by atoms with E-state index in [-0.39, 0.29) is 24.1 Å². The minimum absolute atomic E-state index is 0.119. The van der Waals surface area contributed by atoms with Crippen molar-refractivity contribution in [2.75, 3.05) is 11.1 Å². The summed E-state index contributed by atoms with van der Waals surface area (Å²) in [5.74, 6) is 0.340. The second-order valence-corrected chi connectivity index (χ2v) is 7.93. The van der Waals surface area contributed by atoms with Crippen molar-refractivity contribution in [3.8, 4) is 0 Å². The molecule has 0 radical (unpaired) electrons. The first-order valence-corrected chi connectivity index (χ1v) is 10.8. The fraction of sp³-hybridized carbons (Fsp3) is 0.238. The Bertz CT molecular complexity index is 1040. The normalized spacial score (nSPS) is 10.6. The van der Waals surface area contributed by atoms with Crippen LogP contribution in [0.15, 0.2) is 47.6 Å². The number of amides is 2. The Hall–Kier alpha value is -2.84. The molecule has 0 bridgehead atoms. The minimum Gasteiger partial charge on any atom is -0.345 e. The third-order valence-corrected chi connectivity index (χ3v) is 5.47. The second-order valence-electron chi connectivity index (χ2n) is 6.55. The third-order valence-electron chi connectivity index (χ3n) is 4.37. The van der Waals surface area contributed by atoms with Crippen molar-refractivity contribution in [3.63, 3.8) is 0 Å². The van der Waals surface area contributed by atoms with Gasteiger partial charge in [-0.3, -0.25) is 14.7 Å². The molecule has 3 aromatic rings. The summed E-state index contributed by atoms with van der Waals surface area (Å²) in [5.41, 5.74) is 3.51. The lowest BCUT2D eigenvalue weighted by molar-refractivity contribution is -0.113. The van der Waals surface area contributed by atoms with Gasteiger partial charge in [0.05, 0.1) is 12.3 Å². The fourth-order valence-electron chi connectivity index (χ4n) is 2.80. The summed E-state index contributed by atoms with van der Waals surface area (Å²) in [5, 5.41) is 13.6. The molecule has 0 saturated carbocycles. The molecule has 1 aromatic heterocycles. The number of hydrogen-bond donors (Lipinski definition) is 3. The monoisotopic (exact) mass is 443 g/mol. The number of nitrogens with zero attached hydrogens (tertiary/aromatic N) is 2. The Balaban J connectivity index is 1.49. The van der Waals surface area contributed by atoms with Gasteiger partial charge < -0.3 is 10.6 Å². The van der Waals surface area contributed by atoms with Crippen molar-refractivity contribution in [2.45, 2.75) is 32.0 Å². The number of carbonyl (C=O) groups is 2. The van der Waals surface area contributed by atoms with Crippen molar-refractivity contribution < 1.29 is 9.59 Å². The molecule has 3 rings (SSSR count). The quantitative estimate of drug-likeness (QED) is 0.457. The molecule has 0 aliphatic heterocycles. The molecule has 0 aliphatic carbocycles. The molecule has 2 aromatic carbocycles. The number of halogens is 1. The first-order chi connectivity index (χ1) is 14.5. The van der Waals surface area contributed by atoms with Crippen LogP contribution in [0.25, 0.3) is 0 Å². The van der Waals surface area contributed by atoms with E-state index in [0.717, 1.165) is 23.2 Å². The zero-order valence-electron chi connectivity index (χ0n) is 16.7. The van der Waals surface area contributed by atoms with Gasteiger partial charge in [-0.25, -0.2) is 4.98 Å². The molecular formula is C21H22ClN5O2S. The second kappa shape index (κ2) is 10.3. The first kappa shape index (κ1) is 21.9. The fourth-order valence-corrected chi connectivity index (χ4v) is 3.54. The van der Waals surface area contributed by atoms with E-state index < -0.39 is 0 Å². The summed E-state index contributed by atoms with van der Waals surface area (Å²) in [7, 11) is 0. The van der Waals surface area contributed by atoms with Gasteiger partial charge in [0.25, 0.3) is 5.91 Å². The molecular weight excluding hydrogens is 422 g/mol. The van der Waals surface area contributed by atoms with E-state index in [2.05, 4.69) is 32.7 Å². The summed E-state index contributed by atoms with van der Waals surface area (Å²) in [4.78, 5) is 28.8. The van der Waals surface area contributed by atoms with Crippen molar-refractivity contribution in [1.29, 1.82) is 0 Å². The molecule has 2 amide bonds. The molecule has 0 atom stereocenters. The standard InChI is InChI=1S/C21H22ClN5O2S/c1-3-14-6-4-5-13(2)19(14)25-18(28)12-30-21-24-17(26-27-21)11-23-20(29)15-7-9-16(22)10-8-15/h4-10H,3,11-12H2,1-2H3,(H,23,29)(H,25,28)(H,24,26,27). The van der Waals surface area contributed by atoms with Crippen LogP contribution in [0.3, 0.4) is 0 Å². The summed E-state index contributed by atoms with van der Waals surface area (Å²) >= 11 is 7.05. The van der Waals surface area contributed by atoms with Gasteiger partial charge >= 0.3 is 0 Å². The Morgan fingerprint density at radius 1 is 1.17 bits per heavy atom. The van der Waals surface area contributed by atoms with Gasteiger partial charge in [0.1, 0.15) is 5.82 Å². The number of H-pyrrole nitrogens is 1. The first-order valence-electron chi connectivity index (χ1n) is 9.42. The van der Waals surface area contributed by atoms with Crippen LogP contribution in [0.2, 0.25) is 5.02 Å². The summed E-state index contributed by atoms with van der Waals surface area (Å²) < 4.78 is 0. The molecule has 0 saturated heterocycles. The minimum atomic E-state index is -0.235. The van der Waals surface area contributed by atoms with Gasteiger partial charge in [-0.05, 0) is 48.7 Å². The summed E-state index contributed by atoms with van der Waals surface area (Å²) in [6.07, 6.45) is 0.844. The Morgan fingerprint density at radius 3 is 2.67 bits per heavy atom. The largest absolute Gasteiger partial charge is 0.345 e. The number of nitrogens with one attached hydrogen (secondary N) is 3. The SMILES string of the molecule is CCc1cccc(C)c1NC(=O)CSc1n[nH]c(CNC(=O)c2ccc(Cl)cc2)n1. The topological polar surface area (TPSA) is 99.8 Å². The van der Waals surface area contributed by atoms with Crippen molar-refractivity contribution in [2.24, 2.45) is 0 Å². The van der Waals surface area contributed by atoms with Crippen LogP contribution in [0.5, 0.6) is 0 Å². The van der Waals surface area contributed by atoms with Crippen LogP contribution in [-0.4, -0.2) is 32.7 Å². The average molecular weight is 444 g/mol. The van der Waals surface area contributed by atoms with E-state index in [1.54, 1.807) is 24.3 Å². The highest BCUT2D eigenvalue weighted by Gasteiger charge is 2.12. The molecule has 1 heterocycles. The zero-order valence-corrected chi connectivity index (χ0v) is 18.2. The highest BCUT2D eigenvalue weighted by molar-refractivity contribution is 7.99. The molecule has 0 fully saturated rings. The van der Waals surface area contributed by atoms with E-state index in [1.807, 2.05) is 25.1 Å². The maximum Gasteiger partial charge on any atom is 0.251 e. The highest BCUT2D eigenvalue weighted by Crippen LogP contribution is 2.22. The lowest BCUT2D eigenvalue weighted by Gasteiger charge is -2.12. The smallest absolute Gasteiger partial charge is 0.251 e. The van der Waals surface area contributed by atoms with Gasteiger partial charge in [0.15, 0.2) is 0 Å². The number of aromatic nitrogens is 3. The number of anilines is 1. The number of benzene rings is 2. The number of rotatable bonds is 8. The van der Waals surface area contributed by atoms with Crippen LogP contribution in [-0.2, 0) is 17.8 Å². The van der Waals surface area contributed by atoms with Crippen molar-refractivity contribution in [1.82, 2.24) is 20.5 Å². The van der Waals surface area contributed by atoms with Crippen molar-refractivity contribution in [3.05, 3.63) is 70.0 Å². The van der Waals surface area contributed by atoms with E-state index in [4.69, 9.17) is 11.6 Å². The third kappa shape index (κ3) is 5.84. The van der Waals surface area contributed by atoms with E-state index in [9.17, 15) is 9.59 Å². The van der Waals surface area contributed by atoms with E-state index in [1.165, 1.54) is 11.8 Å². The molecule has 0 aliphatic rings. The van der Waals surface area contributed by atoms with E-state index in [0.29, 0.717) is 21.6 Å². The van der Waals surface area contributed by atoms with Crippen LogP contribution >= 0.6 is 23.4 Å². The molecule has 9 heteroatoms. The number of aromatic amines is 1. The molecule has 7 nitrogen and oxygen atoms in total. The number of carbonyl (C=O) groups excluding carboxylic acids is 2. The Morgan fingerprint density at radius 2 is 1.93 bits per heavy atom. The molecule has 30 heavy (non-hydrogen) atoms. The number of thioether (sulfide) groups is 1. The zero-order chi connectivity index (χ0) is 21.5. The summed E-state index contributed by atoms with van der Waals surface area (Å²) in [6.45, 7) is 4.23. The molecule has 156 valence electrons. The van der Waals surface area contributed by atoms with Crippen LogP contribution in [0.1, 0.15) is 34.2 Å². The van der Waals surface area contributed by atoms with Crippen LogP contribution < -0.4 is 10.6 Å². The average Bonchev–Trinajstić information content (AvgIpc) is 3.20. The predicted octanol–water partition coefficient (Wildman–Crippen LogP) is 3.99. The summed E-state index contributed by atoms with van der Waals surface area (Å²) in [6, 6.07) is 12.6. The van der Waals surface area contributed by atoms with Gasteiger partial charge in [0, 0.05) is 16.3 Å². The highest BCUT2D eigenvalue weighted by atomic mass is 35.5. The number of para-hydroxylation sites is 1. The van der Waals surface area contributed by atoms with Gasteiger partial charge in [-0.2, -0.15) is 0 Å². The molecule has 0 spiro atoms. The van der Waals surface area contributed by atoms with Gasteiger partial charge in [-0.1, -0.05) is 48.5 Å². The van der Waals surface area contributed by atoms with Crippen LogP contribution in [0.4, 0.5) is 5.69 Å². The predicted molar refractivity (Wildman–Crippen MR) is 119 cm³/mol. The van der Waals surface area contributed by atoms with Gasteiger partial charge in [0.2, 0.25) is 11.1 Å². The molecule has 0 unspecified atom stereocenters. The lowest BCUT2D eigenvalue weighted by atomic mass is 10.1. The maximum atomic E-state index is 12.3. The Kier molecular flexibility index (Phi) is 7.48. The molecule has 3 N–H and O–H groups in total. The lowest BCUT2D eigenvalue weighted by Crippen LogP contribution is -2.23. The number of aryl methyl sites for hydroxylation is 2. The van der Waals surface area contributed by atoms with Gasteiger partial charge in [-0.15, -0.1) is 5.10 Å². The number of hydrogen-bond acceptors (Lipinski definition) is 5. The van der Waals surface area contributed by atoms with E-state index >= 15 is 0 Å². The Labute approximate surface area is 184 Å².